The highest BCUT2D eigenvalue weighted by Crippen LogP contribution is 2.12. The molecule has 0 fully saturated rings. The van der Waals surface area contributed by atoms with E-state index in [1.54, 1.807) is 31.2 Å². The van der Waals surface area contributed by atoms with Gasteiger partial charge in [-0.3, -0.25) is 4.79 Å². The van der Waals surface area contributed by atoms with Crippen LogP contribution in [0.5, 0.6) is 0 Å². The minimum Gasteiger partial charge on any atom is -0.462 e. The maximum absolute atomic E-state index is 12.2. The van der Waals surface area contributed by atoms with Gasteiger partial charge in [0, 0.05) is 12.1 Å². The summed E-state index contributed by atoms with van der Waals surface area (Å²) >= 11 is 0. The molecule has 122 valence electrons. The molecule has 4 heteroatoms. The van der Waals surface area contributed by atoms with Crippen molar-refractivity contribution in [2.45, 2.75) is 46.5 Å². The Balaban J connectivity index is 2.61. The van der Waals surface area contributed by atoms with Gasteiger partial charge in [0.1, 0.15) is 0 Å². The smallest absolute Gasteiger partial charge is 0.338 e. The third-order valence-electron chi connectivity index (χ3n) is 3.73. The quantitative estimate of drug-likeness (QED) is 0.706. The van der Waals surface area contributed by atoms with Crippen LogP contribution in [0.2, 0.25) is 0 Å². The molecule has 1 unspecified atom stereocenters. The van der Waals surface area contributed by atoms with Gasteiger partial charge in [0.15, 0.2) is 0 Å². The van der Waals surface area contributed by atoms with Gasteiger partial charge in [0.25, 0.3) is 5.91 Å². The van der Waals surface area contributed by atoms with E-state index in [0.29, 0.717) is 30.2 Å². The van der Waals surface area contributed by atoms with Crippen molar-refractivity contribution >= 4 is 11.9 Å². The largest absolute Gasteiger partial charge is 0.462 e. The van der Waals surface area contributed by atoms with Crippen LogP contribution in [0.1, 0.15) is 67.2 Å². The summed E-state index contributed by atoms with van der Waals surface area (Å²) < 4.78 is 4.95. The van der Waals surface area contributed by atoms with E-state index in [2.05, 4.69) is 19.2 Å². The van der Waals surface area contributed by atoms with Gasteiger partial charge in [-0.1, -0.05) is 39.2 Å². The molecular weight excluding hydrogens is 278 g/mol. The van der Waals surface area contributed by atoms with Crippen molar-refractivity contribution in [1.29, 1.82) is 0 Å². The maximum Gasteiger partial charge on any atom is 0.338 e. The first-order valence-electron chi connectivity index (χ1n) is 8.17. The highest BCUT2D eigenvalue weighted by atomic mass is 16.5. The van der Waals surface area contributed by atoms with Crippen LogP contribution in [0.4, 0.5) is 0 Å². The number of nitrogens with one attached hydrogen (secondary N) is 1. The molecule has 0 aliphatic rings. The number of amides is 1. The van der Waals surface area contributed by atoms with Gasteiger partial charge in [-0.2, -0.15) is 0 Å². The van der Waals surface area contributed by atoms with Crippen molar-refractivity contribution in [2.24, 2.45) is 5.92 Å². The first-order chi connectivity index (χ1) is 10.6. The van der Waals surface area contributed by atoms with Crippen LogP contribution in [0, 0.1) is 5.92 Å². The average molecular weight is 305 g/mol. The molecule has 0 saturated carbocycles. The molecule has 0 saturated heterocycles. The van der Waals surface area contributed by atoms with Gasteiger partial charge in [0.2, 0.25) is 0 Å². The second-order valence-electron chi connectivity index (χ2n) is 5.43. The number of hydrogen-bond donors (Lipinski definition) is 1. The molecule has 0 aromatic heterocycles. The zero-order chi connectivity index (χ0) is 16.4. The number of hydrogen-bond acceptors (Lipinski definition) is 3. The molecule has 22 heavy (non-hydrogen) atoms. The summed E-state index contributed by atoms with van der Waals surface area (Å²) in [5.74, 6) is -0.0234. The zero-order valence-electron chi connectivity index (χ0n) is 13.9. The summed E-state index contributed by atoms with van der Waals surface area (Å²) in [4.78, 5) is 23.9. The van der Waals surface area contributed by atoms with E-state index >= 15 is 0 Å². The molecule has 0 aliphatic heterocycles. The molecule has 0 bridgehead atoms. The molecule has 1 aromatic rings. The Morgan fingerprint density at radius 3 is 2.55 bits per heavy atom. The Bertz CT molecular complexity index is 485. The number of benzene rings is 1. The lowest BCUT2D eigenvalue weighted by molar-refractivity contribution is 0.0526. The van der Waals surface area contributed by atoms with Crippen molar-refractivity contribution in [1.82, 2.24) is 5.32 Å². The Morgan fingerprint density at radius 2 is 1.91 bits per heavy atom. The number of ether oxygens (including phenoxy) is 1. The van der Waals surface area contributed by atoms with Gasteiger partial charge >= 0.3 is 5.97 Å². The van der Waals surface area contributed by atoms with Gasteiger partial charge in [-0.25, -0.2) is 4.79 Å². The molecule has 0 heterocycles. The van der Waals surface area contributed by atoms with Crippen molar-refractivity contribution < 1.29 is 14.3 Å². The van der Waals surface area contributed by atoms with Crippen LogP contribution in [-0.4, -0.2) is 25.0 Å². The molecule has 1 amide bonds. The molecule has 1 N–H and O–H groups in total. The molecular formula is C18H27NO3. The minimum absolute atomic E-state index is 0.138. The molecule has 0 aliphatic carbocycles. The fraction of sp³-hybridized carbons (Fsp3) is 0.556. The van der Waals surface area contributed by atoms with Gasteiger partial charge in [-0.05, 0) is 37.5 Å². The lowest BCUT2D eigenvalue weighted by atomic mass is 9.99. The summed E-state index contributed by atoms with van der Waals surface area (Å²) in [5, 5.41) is 2.97. The second kappa shape index (κ2) is 9.98. The monoisotopic (exact) mass is 305 g/mol. The summed E-state index contributed by atoms with van der Waals surface area (Å²) in [6.45, 7) is 7.08. The van der Waals surface area contributed by atoms with Crippen molar-refractivity contribution in [3.8, 4) is 0 Å². The molecule has 0 radical (unpaired) electrons. The highest BCUT2D eigenvalue weighted by Gasteiger charge is 2.12. The standard InChI is InChI=1S/C18H27NO3/c1-4-7-9-14(5-2)13-19-17(20)15-10-8-11-16(12-15)18(21)22-6-3/h8,10-12,14H,4-7,9,13H2,1-3H3,(H,19,20). The predicted molar refractivity (Wildman–Crippen MR) is 88.0 cm³/mol. The Labute approximate surface area is 133 Å². The molecule has 4 nitrogen and oxygen atoms in total. The minimum atomic E-state index is -0.397. The van der Waals surface area contributed by atoms with E-state index in [0.717, 1.165) is 12.8 Å². The van der Waals surface area contributed by atoms with Crippen LogP contribution in [0.25, 0.3) is 0 Å². The number of carbonyl (C=O) groups excluding carboxylic acids is 2. The fourth-order valence-corrected chi connectivity index (χ4v) is 2.28. The van der Waals surface area contributed by atoms with Crippen molar-refractivity contribution in [3.05, 3.63) is 35.4 Å². The van der Waals surface area contributed by atoms with E-state index < -0.39 is 5.97 Å². The third kappa shape index (κ3) is 5.88. The molecule has 1 atom stereocenters. The van der Waals surface area contributed by atoms with Gasteiger partial charge in [0.05, 0.1) is 12.2 Å². The number of esters is 1. The topological polar surface area (TPSA) is 55.4 Å². The lowest BCUT2D eigenvalue weighted by Crippen LogP contribution is -2.29. The summed E-state index contributed by atoms with van der Waals surface area (Å²) in [7, 11) is 0. The van der Waals surface area contributed by atoms with E-state index in [9.17, 15) is 9.59 Å². The predicted octanol–water partition coefficient (Wildman–Crippen LogP) is 3.81. The van der Waals surface area contributed by atoms with Crippen LogP contribution in [-0.2, 0) is 4.74 Å². The van der Waals surface area contributed by atoms with Crippen LogP contribution >= 0.6 is 0 Å². The normalized spacial score (nSPS) is 11.8. The number of rotatable bonds is 9. The first kappa shape index (κ1) is 18.2. The summed E-state index contributed by atoms with van der Waals surface area (Å²) in [5.41, 5.74) is 0.906. The van der Waals surface area contributed by atoms with Crippen LogP contribution in [0.15, 0.2) is 24.3 Å². The van der Waals surface area contributed by atoms with E-state index in [-0.39, 0.29) is 5.91 Å². The molecule has 0 spiro atoms. The Hall–Kier alpha value is -1.84. The third-order valence-corrected chi connectivity index (χ3v) is 3.73. The number of carbonyl (C=O) groups is 2. The zero-order valence-corrected chi connectivity index (χ0v) is 13.9. The van der Waals surface area contributed by atoms with Crippen LogP contribution < -0.4 is 5.32 Å². The van der Waals surface area contributed by atoms with E-state index in [1.807, 2.05) is 0 Å². The van der Waals surface area contributed by atoms with Crippen molar-refractivity contribution in [3.63, 3.8) is 0 Å². The SMILES string of the molecule is CCCCC(CC)CNC(=O)c1cccc(C(=O)OCC)c1. The summed E-state index contributed by atoms with van der Waals surface area (Å²) in [6.07, 6.45) is 4.55. The lowest BCUT2D eigenvalue weighted by Gasteiger charge is -2.15. The highest BCUT2D eigenvalue weighted by molar-refractivity contribution is 5.97. The number of unbranched alkanes of at least 4 members (excludes halogenated alkanes) is 1. The van der Waals surface area contributed by atoms with Gasteiger partial charge < -0.3 is 10.1 Å². The molecule has 1 aromatic carbocycles. The van der Waals surface area contributed by atoms with Gasteiger partial charge in [-0.15, -0.1) is 0 Å². The van der Waals surface area contributed by atoms with E-state index in [4.69, 9.17) is 4.74 Å². The maximum atomic E-state index is 12.2. The Morgan fingerprint density at radius 1 is 1.18 bits per heavy atom. The fourth-order valence-electron chi connectivity index (χ4n) is 2.28. The van der Waals surface area contributed by atoms with Crippen LogP contribution in [0.3, 0.4) is 0 Å². The van der Waals surface area contributed by atoms with Crippen molar-refractivity contribution in [2.75, 3.05) is 13.2 Å². The average Bonchev–Trinajstić information content (AvgIpc) is 2.55. The Kier molecular flexibility index (Phi) is 8.26. The second-order valence-corrected chi connectivity index (χ2v) is 5.43. The molecule has 1 rings (SSSR count). The first-order valence-corrected chi connectivity index (χ1v) is 8.17. The van der Waals surface area contributed by atoms with E-state index in [1.165, 1.54) is 12.8 Å². The summed E-state index contributed by atoms with van der Waals surface area (Å²) in [6, 6.07) is 6.66.